The molecule has 12 nitrogen and oxygen atoms in total. The molecule has 2 amide bonds. The highest BCUT2D eigenvalue weighted by Gasteiger charge is 2.36. The third-order valence-electron chi connectivity index (χ3n) is 7.52. The summed E-state index contributed by atoms with van der Waals surface area (Å²) in [6, 6.07) is 13.9. The first-order chi connectivity index (χ1) is 19.4. The fourth-order valence-corrected chi connectivity index (χ4v) is 5.27. The van der Waals surface area contributed by atoms with Gasteiger partial charge in [-0.3, -0.25) is 14.5 Å². The first-order valence-electron chi connectivity index (χ1n) is 13.3. The number of primary amides is 1. The average Bonchev–Trinajstić information content (AvgIpc) is 3.53. The summed E-state index contributed by atoms with van der Waals surface area (Å²) >= 11 is 0. The van der Waals surface area contributed by atoms with Gasteiger partial charge in [-0.05, 0) is 78.8 Å². The van der Waals surface area contributed by atoms with Crippen LogP contribution in [0.1, 0.15) is 31.2 Å². The second-order valence-corrected chi connectivity index (χ2v) is 10.1. The first-order valence-corrected chi connectivity index (χ1v) is 13.3. The number of carbonyl (C=O) groups excluding carboxylic acids is 2. The Morgan fingerprint density at radius 1 is 0.975 bits per heavy atom. The molecule has 1 fully saturated rings. The summed E-state index contributed by atoms with van der Waals surface area (Å²) in [6.45, 7) is 0.613. The molecule has 1 atom stereocenters. The van der Waals surface area contributed by atoms with E-state index < -0.39 is 11.9 Å². The number of benzene rings is 2. The van der Waals surface area contributed by atoms with Crippen molar-refractivity contribution < 1.29 is 9.59 Å². The van der Waals surface area contributed by atoms with E-state index >= 15 is 0 Å². The van der Waals surface area contributed by atoms with E-state index in [0.29, 0.717) is 24.0 Å². The molecule has 1 aliphatic carbocycles. The second kappa shape index (κ2) is 12.0. The van der Waals surface area contributed by atoms with Crippen molar-refractivity contribution in [3.63, 3.8) is 0 Å². The lowest BCUT2D eigenvalue weighted by Gasteiger charge is -2.35. The Labute approximate surface area is 231 Å². The molecule has 0 aliphatic heterocycles. The molecule has 2 heterocycles. The van der Waals surface area contributed by atoms with E-state index in [1.807, 2.05) is 24.3 Å². The molecule has 0 saturated heterocycles. The Bertz CT molecular complexity index is 1430. The summed E-state index contributed by atoms with van der Waals surface area (Å²) < 4.78 is 0. The smallest absolute Gasteiger partial charge is 0.240 e. The van der Waals surface area contributed by atoms with Crippen molar-refractivity contribution in [2.75, 3.05) is 17.2 Å². The SMILES string of the molecule is NCC1CCC(C(=O)N(c2ccc(-c3nn[nH]n3)cc2)[C@@H](Cc2cccc(-c3cnc(N)nc3)c2)C(N)=O)CC1. The minimum absolute atomic E-state index is 0.116. The van der Waals surface area contributed by atoms with E-state index in [0.717, 1.165) is 47.9 Å². The maximum atomic E-state index is 14.1. The van der Waals surface area contributed by atoms with E-state index in [4.69, 9.17) is 17.2 Å². The molecule has 1 saturated carbocycles. The van der Waals surface area contributed by atoms with Crippen LogP contribution in [0.3, 0.4) is 0 Å². The highest BCUT2D eigenvalue weighted by Crippen LogP contribution is 2.33. The van der Waals surface area contributed by atoms with E-state index in [-0.39, 0.29) is 24.2 Å². The number of nitrogens with two attached hydrogens (primary N) is 3. The monoisotopic (exact) mass is 540 g/mol. The third kappa shape index (κ3) is 5.96. The fraction of sp³-hybridized carbons (Fsp3) is 0.321. The number of hydrogen-bond donors (Lipinski definition) is 4. The molecular weight excluding hydrogens is 508 g/mol. The third-order valence-corrected chi connectivity index (χ3v) is 7.52. The highest BCUT2D eigenvalue weighted by molar-refractivity contribution is 6.01. The lowest BCUT2D eigenvalue weighted by Crippen LogP contribution is -2.52. The number of aromatic nitrogens is 6. The molecule has 1 aliphatic rings. The van der Waals surface area contributed by atoms with Crippen molar-refractivity contribution in [2.24, 2.45) is 23.3 Å². The maximum absolute atomic E-state index is 14.1. The van der Waals surface area contributed by atoms with Crippen LogP contribution in [0, 0.1) is 11.8 Å². The number of tetrazole rings is 1. The molecule has 2 aromatic heterocycles. The van der Waals surface area contributed by atoms with Crippen molar-refractivity contribution in [1.29, 1.82) is 0 Å². The van der Waals surface area contributed by atoms with Crippen molar-refractivity contribution in [2.45, 2.75) is 38.1 Å². The van der Waals surface area contributed by atoms with E-state index in [2.05, 4.69) is 30.6 Å². The van der Waals surface area contributed by atoms with E-state index in [1.165, 1.54) is 0 Å². The van der Waals surface area contributed by atoms with Crippen LogP contribution in [-0.4, -0.2) is 55.0 Å². The summed E-state index contributed by atoms with van der Waals surface area (Å²) in [4.78, 5) is 36.8. The van der Waals surface area contributed by atoms with Gasteiger partial charge >= 0.3 is 0 Å². The topological polar surface area (TPSA) is 196 Å². The number of rotatable bonds is 9. The largest absolute Gasteiger partial charge is 0.368 e. The minimum atomic E-state index is -0.909. The lowest BCUT2D eigenvalue weighted by atomic mass is 9.81. The maximum Gasteiger partial charge on any atom is 0.240 e. The fourth-order valence-electron chi connectivity index (χ4n) is 5.27. The molecule has 40 heavy (non-hydrogen) atoms. The van der Waals surface area contributed by atoms with Gasteiger partial charge in [0.15, 0.2) is 0 Å². The highest BCUT2D eigenvalue weighted by atomic mass is 16.2. The zero-order valence-electron chi connectivity index (χ0n) is 22.0. The quantitative estimate of drug-likeness (QED) is 0.246. The summed E-state index contributed by atoms with van der Waals surface area (Å²) in [5.41, 5.74) is 21.3. The van der Waals surface area contributed by atoms with Crippen LogP contribution in [0.4, 0.5) is 11.6 Å². The van der Waals surface area contributed by atoms with Gasteiger partial charge in [-0.1, -0.05) is 24.3 Å². The number of nitrogens with zero attached hydrogens (tertiary/aromatic N) is 6. The second-order valence-electron chi connectivity index (χ2n) is 10.1. The van der Waals surface area contributed by atoms with Crippen LogP contribution >= 0.6 is 0 Å². The average molecular weight is 541 g/mol. The lowest BCUT2D eigenvalue weighted by molar-refractivity contribution is -0.127. The van der Waals surface area contributed by atoms with Crippen LogP contribution in [-0.2, 0) is 16.0 Å². The van der Waals surface area contributed by atoms with E-state index in [1.54, 1.807) is 41.6 Å². The molecule has 5 rings (SSSR count). The van der Waals surface area contributed by atoms with Gasteiger partial charge in [0.2, 0.25) is 23.6 Å². The van der Waals surface area contributed by atoms with Crippen molar-refractivity contribution >= 4 is 23.5 Å². The number of hydrogen-bond acceptors (Lipinski definition) is 9. The van der Waals surface area contributed by atoms with E-state index in [9.17, 15) is 9.59 Å². The summed E-state index contributed by atoms with van der Waals surface area (Å²) in [7, 11) is 0. The minimum Gasteiger partial charge on any atom is -0.368 e. The van der Waals surface area contributed by atoms with Gasteiger partial charge in [-0.25, -0.2) is 9.97 Å². The molecule has 0 radical (unpaired) electrons. The Kier molecular flexibility index (Phi) is 8.06. The number of amides is 2. The van der Waals surface area contributed by atoms with Crippen LogP contribution in [0.15, 0.2) is 60.9 Å². The van der Waals surface area contributed by atoms with Gasteiger partial charge in [0, 0.05) is 41.5 Å². The summed E-state index contributed by atoms with van der Waals surface area (Å²) in [5, 5.41) is 14.1. The van der Waals surface area contributed by atoms with Crippen molar-refractivity contribution in [1.82, 2.24) is 30.6 Å². The molecule has 12 heteroatoms. The predicted molar refractivity (Wildman–Crippen MR) is 150 cm³/mol. The first kappa shape index (κ1) is 26.9. The van der Waals surface area contributed by atoms with Gasteiger partial charge in [-0.2, -0.15) is 5.21 Å². The van der Waals surface area contributed by atoms with Crippen LogP contribution in [0.25, 0.3) is 22.5 Å². The number of anilines is 2. The Morgan fingerprint density at radius 2 is 1.70 bits per heavy atom. The van der Waals surface area contributed by atoms with Crippen LogP contribution in [0.5, 0.6) is 0 Å². The van der Waals surface area contributed by atoms with Gasteiger partial charge in [0.25, 0.3) is 0 Å². The van der Waals surface area contributed by atoms with Gasteiger partial charge in [0.1, 0.15) is 6.04 Å². The Balaban J connectivity index is 1.47. The normalized spacial score (nSPS) is 17.7. The molecule has 0 bridgehead atoms. The molecule has 7 N–H and O–H groups in total. The predicted octanol–water partition coefficient (Wildman–Crippen LogP) is 2.10. The van der Waals surface area contributed by atoms with Crippen LogP contribution < -0.4 is 22.1 Å². The Hall–Kier alpha value is -4.71. The van der Waals surface area contributed by atoms with Gasteiger partial charge in [0.05, 0.1) is 0 Å². The zero-order chi connectivity index (χ0) is 28.1. The van der Waals surface area contributed by atoms with Crippen molar-refractivity contribution in [3.8, 4) is 22.5 Å². The Morgan fingerprint density at radius 3 is 2.33 bits per heavy atom. The summed E-state index contributed by atoms with van der Waals surface area (Å²) in [6.07, 6.45) is 6.72. The molecule has 0 spiro atoms. The molecule has 2 aromatic carbocycles. The standard InChI is InChI=1S/C28H32N10O2/c29-14-17-4-6-20(7-5-17)27(40)38(23-10-8-19(9-11-23)26-34-36-37-35-26)24(25(30)39)13-18-2-1-3-21(12-18)22-15-32-28(31)33-16-22/h1-3,8-12,15-17,20,24H,4-7,13-14,29H2,(H2,30,39)(H2,31,32,33)(H,34,35,36,37)/t17?,20?,24-/m0/s1. The number of carbonyl (C=O) groups is 2. The number of nitrogen functional groups attached to an aromatic ring is 1. The summed E-state index contributed by atoms with van der Waals surface area (Å²) in [5.74, 6) is 0.105. The van der Waals surface area contributed by atoms with Crippen LogP contribution in [0.2, 0.25) is 0 Å². The zero-order valence-corrected chi connectivity index (χ0v) is 22.0. The van der Waals surface area contributed by atoms with Gasteiger partial charge in [-0.15, -0.1) is 10.2 Å². The number of nitrogens with one attached hydrogen (secondary N) is 1. The molecule has 0 unspecified atom stereocenters. The van der Waals surface area contributed by atoms with Gasteiger partial charge < -0.3 is 17.2 Å². The molecular formula is C28H32N10O2. The van der Waals surface area contributed by atoms with Crippen molar-refractivity contribution in [3.05, 3.63) is 66.5 Å². The molecule has 4 aromatic rings. The number of aromatic amines is 1. The molecule has 206 valence electrons. The number of H-pyrrole nitrogens is 1.